The van der Waals surface area contributed by atoms with Crippen LogP contribution in [0.3, 0.4) is 0 Å². The lowest BCUT2D eigenvalue weighted by molar-refractivity contribution is 0.0395. The van der Waals surface area contributed by atoms with Crippen molar-refractivity contribution < 1.29 is 4.74 Å². The molecule has 1 aliphatic rings. The minimum absolute atomic E-state index is 0.468. The highest BCUT2D eigenvalue weighted by atomic mass is 16.5. The molecule has 0 aromatic rings. The van der Waals surface area contributed by atoms with Crippen molar-refractivity contribution >= 4 is 0 Å². The van der Waals surface area contributed by atoms with Crippen LogP contribution in [-0.2, 0) is 4.74 Å². The van der Waals surface area contributed by atoms with Crippen molar-refractivity contribution in [1.82, 2.24) is 0 Å². The molecule has 1 aliphatic carbocycles. The van der Waals surface area contributed by atoms with Crippen LogP contribution < -0.4 is 0 Å². The second kappa shape index (κ2) is 4.76. The van der Waals surface area contributed by atoms with Gasteiger partial charge in [-0.2, -0.15) is 0 Å². The van der Waals surface area contributed by atoms with Crippen molar-refractivity contribution in [2.75, 3.05) is 6.61 Å². The maximum atomic E-state index is 5.68. The molecule has 1 nitrogen and oxygen atoms in total. The molecule has 1 heteroatoms. The molecule has 0 aromatic heterocycles. The molecule has 0 radical (unpaired) electrons. The van der Waals surface area contributed by atoms with E-state index in [9.17, 15) is 0 Å². The Morgan fingerprint density at radius 3 is 2.55 bits per heavy atom. The fourth-order valence-electron chi connectivity index (χ4n) is 1.60. The Bertz CT molecular complexity index is 95.0. The van der Waals surface area contributed by atoms with Crippen LogP contribution in [0.4, 0.5) is 0 Å². The highest BCUT2D eigenvalue weighted by molar-refractivity contribution is 4.66. The summed E-state index contributed by atoms with van der Waals surface area (Å²) in [5, 5.41) is 0. The first-order valence-corrected chi connectivity index (χ1v) is 4.94. The van der Waals surface area contributed by atoms with Gasteiger partial charge < -0.3 is 4.74 Å². The normalized spacial score (nSPS) is 22.4. The van der Waals surface area contributed by atoms with Crippen LogP contribution in [0.25, 0.3) is 0 Å². The van der Waals surface area contributed by atoms with Crippen LogP contribution in [0.1, 0.15) is 46.0 Å². The Morgan fingerprint density at radius 2 is 2.00 bits per heavy atom. The first-order chi connectivity index (χ1) is 5.33. The Labute approximate surface area is 70.1 Å². The van der Waals surface area contributed by atoms with Crippen LogP contribution in [0, 0.1) is 5.92 Å². The van der Waals surface area contributed by atoms with Crippen LogP contribution in [0.15, 0.2) is 0 Å². The van der Waals surface area contributed by atoms with Gasteiger partial charge in [-0.15, -0.1) is 0 Å². The van der Waals surface area contributed by atoms with Gasteiger partial charge in [0.1, 0.15) is 0 Å². The zero-order valence-electron chi connectivity index (χ0n) is 7.81. The highest BCUT2D eigenvalue weighted by Crippen LogP contribution is 2.25. The fourth-order valence-corrected chi connectivity index (χ4v) is 1.60. The van der Waals surface area contributed by atoms with Crippen molar-refractivity contribution in [2.24, 2.45) is 5.92 Å². The molecule has 1 unspecified atom stereocenters. The summed E-state index contributed by atoms with van der Waals surface area (Å²) in [6.07, 6.45) is 7.26. The van der Waals surface area contributed by atoms with E-state index in [0.29, 0.717) is 6.10 Å². The Kier molecular flexibility index (Phi) is 3.92. The average molecular weight is 156 g/mol. The van der Waals surface area contributed by atoms with E-state index < -0.39 is 0 Å². The minimum atomic E-state index is 0.468. The zero-order chi connectivity index (χ0) is 8.10. The molecule has 0 aliphatic heterocycles. The summed E-state index contributed by atoms with van der Waals surface area (Å²) in [6.45, 7) is 5.35. The van der Waals surface area contributed by atoms with Gasteiger partial charge in [0.25, 0.3) is 0 Å². The van der Waals surface area contributed by atoms with E-state index in [0.717, 1.165) is 18.9 Å². The second-order valence-corrected chi connectivity index (χ2v) is 3.70. The first kappa shape index (κ1) is 9.05. The standard InChI is InChI=1S/C10H20O/c1-3-9(2)11-8-10-6-4-5-7-10/h9-10H,3-8H2,1-2H3. The van der Waals surface area contributed by atoms with Crippen molar-refractivity contribution in [3.05, 3.63) is 0 Å². The largest absolute Gasteiger partial charge is 0.378 e. The molecule has 11 heavy (non-hydrogen) atoms. The third kappa shape index (κ3) is 3.24. The van der Waals surface area contributed by atoms with E-state index in [4.69, 9.17) is 4.74 Å². The molecular weight excluding hydrogens is 136 g/mol. The maximum absolute atomic E-state index is 5.68. The minimum Gasteiger partial charge on any atom is -0.378 e. The SMILES string of the molecule is CCC(C)OCC1CCCC1. The molecule has 1 fully saturated rings. The van der Waals surface area contributed by atoms with Crippen LogP contribution >= 0.6 is 0 Å². The van der Waals surface area contributed by atoms with Crippen LogP contribution in [0.2, 0.25) is 0 Å². The lowest BCUT2D eigenvalue weighted by atomic mass is 10.1. The van der Waals surface area contributed by atoms with Gasteiger partial charge in [0, 0.05) is 6.61 Å². The highest BCUT2D eigenvalue weighted by Gasteiger charge is 2.15. The van der Waals surface area contributed by atoms with Gasteiger partial charge in [0.15, 0.2) is 0 Å². The van der Waals surface area contributed by atoms with E-state index in [-0.39, 0.29) is 0 Å². The molecule has 0 spiro atoms. The molecule has 0 saturated heterocycles. The van der Waals surface area contributed by atoms with E-state index in [1.165, 1.54) is 25.7 Å². The van der Waals surface area contributed by atoms with E-state index >= 15 is 0 Å². The predicted molar refractivity (Wildman–Crippen MR) is 47.7 cm³/mol. The Morgan fingerprint density at radius 1 is 1.36 bits per heavy atom. The molecule has 1 saturated carbocycles. The summed E-state index contributed by atoms with van der Waals surface area (Å²) in [7, 11) is 0. The molecule has 0 amide bonds. The summed E-state index contributed by atoms with van der Waals surface area (Å²) in [4.78, 5) is 0. The van der Waals surface area contributed by atoms with Crippen molar-refractivity contribution in [1.29, 1.82) is 0 Å². The number of ether oxygens (including phenoxy) is 1. The van der Waals surface area contributed by atoms with Crippen LogP contribution in [-0.4, -0.2) is 12.7 Å². The summed E-state index contributed by atoms with van der Waals surface area (Å²) in [5.41, 5.74) is 0. The number of rotatable bonds is 4. The molecule has 0 bridgehead atoms. The first-order valence-electron chi connectivity index (χ1n) is 4.94. The molecule has 0 N–H and O–H groups in total. The van der Waals surface area contributed by atoms with E-state index in [1.54, 1.807) is 0 Å². The third-order valence-corrected chi connectivity index (χ3v) is 2.67. The van der Waals surface area contributed by atoms with Gasteiger partial charge in [0.05, 0.1) is 6.10 Å². The Hall–Kier alpha value is -0.0400. The smallest absolute Gasteiger partial charge is 0.0544 e. The lowest BCUT2D eigenvalue weighted by Gasteiger charge is -2.14. The Balaban J connectivity index is 2.01. The average Bonchev–Trinajstić information content (AvgIpc) is 2.52. The van der Waals surface area contributed by atoms with Gasteiger partial charge in [-0.25, -0.2) is 0 Å². The molecule has 1 rings (SSSR count). The summed E-state index contributed by atoms with van der Waals surface area (Å²) >= 11 is 0. The fraction of sp³-hybridized carbons (Fsp3) is 1.00. The number of hydrogen-bond donors (Lipinski definition) is 0. The van der Waals surface area contributed by atoms with Crippen molar-refractivity contribution in [3.8, 4) is 0 Å². The van der Waals surface area contributed by atoms with Gasteiger partial charge in [-0.3, -0.25) is 0 Å². The maximum Gasteiger partial charge on any atom is 0.0544 e. The molecule has 0 heterocycles. The lowest BCUT2D eigenvalue weighted by Crippen LogP contribution is -2.12. The summed E-state index contributed by atoms with van der Waals surface area (Å²) in [5.74, 6) is 0.879. The monoisotopic (exact) mass is 156 g/mol. The van der Waals surface area contributed by atoms with Crippen molar-refractivity contribution in [2.45, 2.75) is 52.1 Å². The quantitative estimate of drug-likeness (QED) is 0.608. The predicted octanol–water partition coefficient (Wildman–Crippen LogP) is 2.99. The van der Waals surface area contributed by atoms with Gasteiger partial charge >= 0.3 is 0 Å². The molecule has 0 aromatic carbocycles. The van der Waals surface area contributed by atoms with Gasteiger partial charge in [-0.05, 0) is 32.1 Å². The number of hydrogen-bond acceptors (Lipinski definition) is 1. The third-order valence-electron chi connectivity index (χ3n) is 2.67. The van der Waals surface area contributed by atoms with Gasteiger partial charge in [0.2, 0.25) is 0 Å². The second-order valence-electron chi connectivity index (χ2n) is 3.70. The zero-order valence-corrected chi connectivity index (χ0v) is 7.81. The summed E-state index contributed by atoms with van der Waals surface area (Å²) < 4.78 is 5.68. The van der Waals surface area contributed by atoms with E-state index in [1.807, 2.05) is 0 Å². The molecular formula is C10H20O. The van der Waals surface area contributed by atoms with E-state index in [2.05, 4.69) is 13.8 Å². The molecule has 66 valence electrons. The van der Waals surface area contributed by atoms with Crippen molar-refractivity contribution in [3.63, 3.8) is 0 Å². The summed E-state index contributed by atoms with van der Waals surface area (Å²) in [6, 6.07) is 0. The van der Waals surface area contributed by atoms with Gasteiger partial charge in [-0.1, -0.05) is 19.8 Å². The van der Waals surface area contributed by atoms with Crippen LogP contribution in [0.5, 0.6) is 0 Å². The topological polar surface area (TPSA) is 9.23 Å². The molecule has 1 atom stereocenters.